The molecule has 0 aliphatic heterocycles. The minimum atomic E-state index is 0.346. The number of benzene rings is 3. The topological polar surface area (TPSA) is 30.7 Å². The molecule has 0 spiro atoms. The number of para-hydroxylation sites is 1. The second-order valence-electron chi connectivity index (χ2n) is 8.67. The van der Waals surface area contributed by atoms with Crippen LogP contribution in [0.1, 0.15) is 65.5 Å². The molecular weight excluding hydrogens is 398 g/mol. The van der Waals surface area contributed by atoms with Crippen molar-refractivity contribution in [3.05, 3.63) is 94.6 Å². The number of hydrogen-bond acceptors (Lipinski definition) is 3. The molecule has 0 N–H and O–H groups in total. The van der Waals surface area contributed by atoms with Crippen LogP contribution in [-0.4, -0.2) is 15.0 Å². The highest BCUT2D eigenvalue weighted by atomic mass is 32.1. The first-order valence-electron chi connectivity index (χ1n) is 10.9. The predicted octanol–water partition coefficient (Wildman–Crippen LogP) is 6.69. The van der Waals surface area contributed by atoms with Crippen molar-refractivity contribution in [3.63, 3.8) is 0 Å². The van der Waals surface area contributed by atoms with Gasteiger partial charge in [0, 0.05) is 11.7 Å². The Bertz CT molecular complexity index is 1290. The van der Waals surface area contributed by atoms with Crippen molar-refractivity contribution in [2.75, 3.05) is 0 Å². The number of hydrogen-bond donors (Lipinski definition) is 1. The van der Waals surface area contributed by atoms with E-state index in [1.807, 2.05) is 29.0 Å². The summed E-state index contributed by atoms with van der Waals surface area (Å²) in [7, 11) is 0. The summed E-state index contributed by atoms with van der Waals surface area (Å²) in [6, 6.07) is 19.6. The van der Waals surface area contributed by atoms with Gasteiger partial charge in [-0.15, -0.1) is 5.10 Å². The largest absolute Gasteiger partial charge is 0.213 e. The molecule has 1 unspecified atom stereocenters. The van der Waals surface area contributed by atoms with E-state index in [9.17, 15) is 0 Å². The average molecular weight is 426 g/mol. The molecule has 1 atom stereocenters. The van der Waals surface area contributed by atoms with Crippen LogP contribution in [0.4, 0.5) is 0 Å². The number of aromatic nitrogens is 3. The van der Waals surface area contributed by atoms with Crippen molar-refractivity contribution in [2.45, 2.75) is 44.3 Å². The fraction of sp³-hybridized carbons (Fsp3) is 0.259. The zero-order chi connectivity index (χ0) is 21.5. The maximum Gasteiger partial charge on any atom is 0.113 e. The van der Waals surface area contributed by atoms with E-state index >= 15 is 0 Å². The van der Waals surface area contributed by atoms with Crippen LogP contribution >= 0.6 is 12.6 Å². The van der Waals surface area contributed by atoms with E-state index < -0.39 is 0 Å². The zero-order valence-electron chi connectivity index (χ0n) is 18.0. The molecule has 31 heavy (non-hydrogen) atoms. The van der Waals surface area contributed by atoms with Gasteiger partial charge in [-0.1, -0.05) is 68.1 Å². The molecule has 156 valence electrons. The van der Waals surface area contributed by atoms with Gasteiger partial charge in [-0.05, 0) is 70.3 Å². The van der Waals surface area contributed by atoms with Crippen LogP contribution in [0.5, 0.6) is 0 Å². The lowest BCUT2D eigenvalue weighted by Gasteiger charge is -2.20. The van der Waals surface area contributed by atoms with Crippen LogP contribution in [0.3, 0.4) is 0 Å². The lowest BCUT2D eigenvalue weighted by atomic mass is 9.86. The first-order chi connectivity index (χ1) is 15.1. The Labute approximate surface area is 189 Å². The van der Waals surface area contributed by atoms with Crippen molar-refractivity contribution in [1.82, 2.24) is 15.0 Å². The molecule has 5 rings (SSSR count). The summed E-state index contributed by atoms with van der Waals surface area (Å²) >= 11 is 4.56. The summed E-state index contributed by atoms with van der Waals surface area (Å²) in [5.74, 6) is 1.51. The van der Waals surface area contributed by atoms with E-state index in [1.165, 1.54) is 33.4 Å². The smallest absolute Gasteiger partial charge is 0.113 e. The van der Waals surface area contributed by atoms with Crippen molar-refractivity contribution < 1.29 is 0 Å². The van der Waals surface area contributed by atoms with Gasteiger partial charge >= 0.3 is 0 Å². The molecule has 1 aromatic heterocycles. The van der Waals surface area contributed by atoms with E-state index in [-0.39, 0.29) is 0 Å². The highest BCUT2D eigenvalue weighted by Crippen LogP contribution is 2.43. The van der Waals surface area contributed by atoms with Crippen molar-refractivity contribution in [2.24, 2.45) is 0 Å². The number of nitrogens with zero attached hydrogens (tertiary/aromatic N) is 3. The van der Waals surface area contributed by atoms with Gasteiger partial charge in [0.25, 0.3) is 0 Å². The van der Waals surface area contributed by atoms with Crippen LogP contribution in [0.25, 0.3) is 22.8 Å². The van der Waals surface area contributed by atoms with Crippen LogP contribution in [0.15, 0.2) is 61.2 Å². The lowest BCUT2D eigenvalue weighted by Crippen LogP contribution is -2.07. The minimum Gasteiger partial charge on any atom is -0.213 e. The third kappa shape index (κ3) is 3.39. The minimum absolute atomic E-state index is 0.346. The summed E-state index contributed by atoms with van der Waals surface area (Å²) in [6.07, 6.45) is 4.14. The molecule has 0 bridgehead atoms. The molecule has 0 amide bonds. The van der Waals surface area contributed by atoms with Crippen LogP contribution in [0, 0.1) is 0 Å². The third-order valence-electron chi connectivity index (χ3n) is 6.47. The van der Waals surface area contributed by atoms with Gasteiger partial charge in [0.15, 0.2) is 0 Å². The van der Waals surface area contributed by atoms with Gasteiger partial charge < -0.3 is 0 Å². The quantitative estimate of drug-likeness (QED) is 0.361. The standard InChI is InChI=1S/C27H27N3S/c1-4-19-9-10-20(15-23(19)17(2)3)22-12-11-21-13-18(16-31)14-26(27(21)22)30-25-8-6-5-7-24(25)28-29-30/h4-10,13-15,17,22,31H,1,11-12,16H2,2-3H3. The van der Waals surface area contributed by atoms with Gasteiger partial charge in [0.2, 0.25) is 0 Å². The van der Waals surface area contributed by atoms with E-state index in [0.717, 1.165) is 29.6 Å². The number of fused-ring (bicyclic) bond motifs is 2. The van der Waals surface area contributed by atoms with E-state index in [0.29, 0.717) is 17.6 Å². The fourth-order valence-corrected chi connectivity index (χ4v) is 5.14. The molecule has 0 fully saturated rings. The average Bonchev–Trinajstić information content (AvgIpc) is 3.42. The maximum absolute atomic E-state index is 4.56. The third-order valence-corrected chi connectivity index (χ3v) is 6.84. The number of thiol groups is 1. The fourth-order valence-electron chi connectivity index (χ4n) is 4.96. The monoisotopic (exact) mass is 425 g/mol. The van der Waals surface area contributed by atoms with E-state index in [1.54, 1.807) is 0 Å². The summed E-state index contributed by atoms with van der Waals surface area (Å²) in [4.78, 5) is 0. The van der Waals surface area contributed by atoms with Gasteiger partial charge in [0.1, 0.15) is 5.52 Å². The molecule has 1 aliphatic carbocycles. The van der Waals surface area contributed by atoms with Gasteiger partial charge in [-0.3, -0.25) is 0 Å². The highest BCUT2D eigenvalue weighted by molar-refractivity contribution is 7.79. The molecule has 3 aromatic carbocycles. The molecule has 4 heteroatoms. The Hall–Kier alpha value is -2.85. The lowest BCUT2D eigenvalue weighted by molar-refractivity contribution is 0.760. The van der Waals surface area contributed by atoms with Crippen molar-refractivity contribution in [1.29, 1.82) is 0 Å². The Morgan fingerprint density at radius 2 is 2.00 bits per heavy atom. The number of aryl methyl sites for hydroxylation is 1. The van der Waals surface area contributed by atoms with Crippen LogP contribution in [-0.2, 0) is 12.2 Å². The second kappa shape index (κ2) is 8.01. The Balaban J connectivity index is 1.71. The summed E-state index contributed by atoms with van der Waals surface area (Å²) in [5.41, 5.74) is 11.1. The van der Waals surface area contributed by atoms with E-state index in [2.05, 4.69) is 79.8 Å². The maximum atomic E-state index is 4.56. The zero-order valence-corrected chi connectivity index (χ0v) is 18.9. The molecule has 3 nitrogen and oxygen atoms in total. The van der Waals surface area contributed by atoms with Crippen LogP contribution < -0.4 is 0 Å². The Morgan fingerprint density at radius 3 is 2.77 bits per heavy atom. The molecule has 1 heterocycles. The Kier molecular flexibility index (Phi) is 5.19. The highest BCUT2D eigenvalue weighted by Gasteiger charge is 2.29. The molecule has 4 aromatic rings. The van der Waals surface area contributed by atoms with Crippen molar-refractivity contribution >= 4 is 29.7 Å². The first-order valence-corrected chi connectivity index (χ1v) is 11.6. The van der Waals surface area contributed by atoms with Gasteiger partial charge in [-0.25, -0.2) is 4.68 Å². The van der Waals surface area contributed by atoms with E-state index in [4.69, 9.17) is 0 Å². The van der Waals surface area contributed by atoms with Gasteiger partial charge in [-0.2, -0.15) is 12.6 Å². The molecule has 0 radical (unpaired) electrons. The first kappa shape index (κ1) is 20.1. The SMILES string of the molecule is C=Cc1ccc(C2CCc3cc(CS)cc(-n4nnc5ccccc54)c32)cc1C(C)C. The summed E-state index contributed by atoms with van der Waals surface area (Å²) in [6.45, 7) is 8.51. The predicted molar refractivity (Wildman–Crippen MR) is 132 cm³/mol. The number of rotatable bonds is 5. The second-order valence-corrected chi connectivity index (χ2v) is 8.99. The van der Waals surface area contributed by atoms with Crippen molar-refractivity contribution in [3.8, 4) is 5.69 Å². The molecule has 1 aliphatic rings. The summed E-state index contributed by atoms with van der Waals surface area (Å²) < 4.78 is 2.01. The summed E-state index contributed by atoms with van der Waals surface area (Å²) in [5, 5.41) is 8.96. The molecule has 0 saturated heterocycles. The Morgan fingerprint density at radius 1 is 1.16 bits per heavy atom. The molecular formula is C27H27N3S. The van der Waals surface area contributed by atoms with Crippen LogP contribution in [0.2, 0.25) is 0 Å². The molecule has 0 saturated carbocycles. The normalized spacial score (nSPS) is 15.5. The van der Waals surface area contributed by atoms with Gasteiger partial charge in [0.05, 0.1) is 11.2 Å².